The van der Waals surface area contributed by atoms with Crippen LogP contribution in [0.25, 0.3) is 0 Å². The first-order valence-corrected chi connectivity index (χ1v) is 8.19. The fraction of sp³-hybridized carbons (Fsp3) is 0.368. The zero-order valence-electron chi connectivity index (χ0n) is 14.2. The van der Waals surface area contributed by atoms with Crippen LogP contribution in [-0.2, 0) is 6.54 Å². The number of hydrogen-bond donors (Lipinski definition) is 1. The number of phenols is 1. The lowest BCUT2D eigenvalue weighted by Crippen LogP contribution is -2.46. The van der Waals surface area contributed by atoms with Crippen molar-refractivity contribution in [1.82, 2.24) is 9.88 Å². The van der Waals surface area contributed by atoms with Crippen LogP contribution in [0.15, 0.2) is 30.5 Å². The number of rotatable bonds is 3. The molecule has 1 aromatic carbocycles. The lowest BCUT2D eigenvalue weighted by atomic mass is 10.0. The van der Waals surface area contributed by atoms with Crippen molar-refractivity contribution in [1.29, 1.82) is 5.26 Å². The van der Waals surface area contributed by atoms with Crippen LogP contribution in [0, 0.1) is 25.2 Å². The van der Waals surface area contributed by atoms with E-state index in [-0.39, 0.29) is 0 Å². The number of piperazine rings is 1. The normalized spacial score (nSPS) is 15.3. The molecule has 0 bridgehead atoms. The number of anilines is 1. The van der Waals surface area contributed by atoms with E-state index in [0.717, 1.165) is 49.7 Å². The van der Waals surface area contributed by atoms with Crippen LogP contribution in [-0.4, -0.2) is 41.2 Å². The Morgan fingerprint density at radius 3 is 2.54 bits per heavy atom. The number of nitrogens with zero attached hydrogens (tertiary/aromatic N) is 4. The number of aromatic hydroxyl groups is 1. The van der Waals surface area contributed by atoms with Gasteiger partial charge < -0.3 is 10.0 Å². The van der Waals surface area contributed by atoms with Crippen LogP contribution in [0.1, 0.15) is 22.3 Å². The van der Waals surface area contributed by atoms with Crippen molar-refractivity contribution in [2.75, 3.05) is 31.1 Å². The minimum atomic E-state index is 0.379. The van der Waals surface area contributed by atoms with Gasteiger partial charge in [-0.15, -0.1) is 0 Å². The molecule has 1 aliphatic heterocycles. The SMILES string of the molecule is Cc1cc(O)c(CN2CCN(c3cc(C#N)ccn3)CC2)cc1C. The van der Waals surface area contributed by atoms with Gasteiger partial charge in [0.05, 0.1) is 11.6 Å². The molecule has 1 aliphatic rings. The molecule has 0 spiro atoms. The fourth-order valence-electron chi connectivity index (χ4n) is 3.02. The highest BCUT2D eigenvalue weighted by atomic mass is 16.3. The Morgan fingerprint density at radius 1 is 1.12 bits per heavy atom. The number of aryl methyl sites for hydroxylation is 2. The Morgan fingerprint density at radius 2 is 1.83 bits per heavy atom. The summed E-state index contributed by atoms with van der Waals surface area (Å²) >= 11 is 0. The van der Waals surface area contributed by atoms with Gasteiger partial charge in [-0.3, -0.25) is 4.90 Å². The number of benzene rings is 1. The van der Waals surface area contributed by atoms with Crippen molar-refractivity contribution in [2.24, 2.45) is 0 Å². The third-order valence-corrected chi connectivity index (χ3v) is 4.66. The molecule has 0 unspecified atom stereocenters. The number of nitriles is 1. The highest BCUT2D eigenvalue weighted by molar-refractivity contribution is 5.45. The van der Waals surface area contributed by atoms with E-state index in [9.17, 15) is 5.11 Å². The Bertz CT molecular complexity index is 773. The highest BCUT2D eigenvalue weighted by Gasteiger charge is 2.19. The molecule has 124 valence electrons. The van der Waals surface area contributed by atoms with Gasteiger partial charge >= 0.3 is 0 Å². The van der Waals surface area contributed by atoms with E-state index in [4.69, 9.17) is 5.26 Å². The van der Waals surface area contributed by atoms with Crippen molar-refractivity contribution in [3.63, 3.8) is 0 Å². The van der Waals surface area contributed by atoms with Crippen molar-refractivity contribution in [3.05, 3.63) is 52.7 Å². The molecule has 1 fully saturated rings. The van der Waals surface area contributed by atoms with Crippen LogP contribution in [0.3, 0.4) is 0 Å². The Balaban J connectivity index is 1.63. The summed E-state index contributed by atoms with van der Waals surface area (Å²) in [6.45, 7) is 8.40. The second-order valence-corrected chi connectivity index (χ2v) is 6.34. The number of aromatic nitrogens is 1. The average molecular weight is 322 g/mol. The van der Waals surface area contributed by atoms with Crippen molar-refractivity contribution < 1.29 is 5.11 Å². The molecular formula is C19H22N4O. The van der Waals surface area contributed by atoms with E-state index in [1.807, 2.05) is 19.1 Å². The lowest BCUT2D eigenvalue weighted by molar-refractivity contribution is 0.246. The summed E-state index contributed by atoms with van der Waals surface area (Å²) in [4.78, 5) is 8.92. The minimum Gasteiger partial charge on any atom is -0.508 e. The fourth-order valence-corrected chi connectivity index (χ4v) is 3.02. The molecule has 24 heavy (non-hydrogen) atoms. The van der Waals surface area contributed by atoms with Crippen LogP contribution >= 0.6 is 0 Å². The monoisotopic (exact) mass is 322 g/mol. The molecule has 5 heteroatoms. The molecular weight excluding hydrogens is 300 g/mol. The van der Waals surface area contributed by atoms with Crippen LogP contribution in [0.2, 0.25) is 0 Å². The topological polar surface area (TPSA) is 63.4 Å². The Kier molecular flexibility index (Phi) is 4.68. The van der Waals surface area contributed by atoms with Gasteiger partial charge in [0.25, 0.3) is 0 Å². The average Bonchev–Trinajstić information content (AvgIpc) is 2.60. The smallest absolute Gasteiger partial charge is 0.129 e. The van der Waals surface area contributed by atoms with E-state index in [1.54, 1.807) is 12.3 Å². The second kappa shape index (κ2) is 6.90. The molecule has 5 nitrogen and oxygen atoms in total. The standard InChI is InChI=1S/C19H22N4O/c1-14-9-17(18(24)10-15(14)2)13-22-5-7-23(8-6-22)19-11-16(12-20)3-4-21-19/h3-4,9-11,24H,5-8,13H2,1-2H3. The first-order valence-electron chi connectivity index (χ1n) is 8.19. The second-order valence-electron chi connectivity index (χ2n) is 6.34. The zero-order chi connectivity index (χ0) is 17.1. The summed E-state index contributed by atoms with van der Waals surface area (Å²) < 4.78 is 0. The Labute approximate surface area is 142 Å². The van der Waals surface area contributed by atoms with Gasteiger partial charge in [0.2, 0.25) is 0 Å². The number of hydrogen-bond acceptors (Lipinski definition) is 5. The maximum Gasteiger partial charge on any atom is 0.129 e. The van der Waals surface area contributed by atoms with Gasteiger partial charge in [0.1, 0.15) is 11.6 Å². The quantitative estimate of drug-likeness (QED) is 0.941. The van der Waals surface area contributed by atoms with Crippen molar-refractivity contribution in [3.8, 4) is 11.8 Å². The summed E-state index contributed by atoms with van der Waals surface area (Å²) in [5.74, 6) is 1.24. The molecule has 2 aromatic rings. The van der Waals surface area contributed by atoms with Crippen molar-refractivity contribution in [2.45, 2.75) is 20.4 Å². The summed E-state index contributed by atoms with van der Waals surface area (Å²) in [6, 6.07) is 9.65. The summed E-state index contributed by atoms with van der Waals surface area (Å²) in [6.07, 6.45) is 1.69. The molecule has 1 saturated heterocycles. The van der Waals surface area contributed by atoms with Gasteiger partial charge in [-0.1, -0.05) is 6.07 Å². The lowest BCUT2D eigenvalue weighted by Gasteiger charge is -2.35. The number of pyridine rings is 1. The molecule has 2 heterocycles. The maximum absolute atomic E-state index is 10.2. The molecule has 0 saturated carbocycles. The molecule has 0 aliphatic carbocycles. The van der Waals surface area contributed by atoms with E-state index in [1.165, 1.54) is 5.56 Å². The summed E-state index contributed by atoms with van der Waals surface area (Å²) in [5.41, 5.74) is 3.95. The van der Waals surface area contributed by atoms with Crippen LogP contribution < -0.4 is 4.90 Å². The molecule has 0 atom stereocenters. The largest absolute Gasteiger partial charge is 0.508 e. The van der Waals surface area contributed by atoms with E-state index in [2.05, 4.69) is 33.8 Å². The van der Waals surface area contributed by atoms with Gasteiger partial charge in [0.15, 0.2) is 0 Å². The van der Waals surface area contributed by atoms with Crippen molar-refractivity contribution >= 4 is 5.82 Å². The van der Waals surface area contributed by atoms with Crippen LogP contribution in [0.4, 0.5) is 5.82 Å². The molecule has 1 aromatic heterocycles. The van der Waals surface area contributed by atoms with Gasteiger partial charge in [-0.05, 0) is 43.2 Å². The van der Waals surface area contributed by atoms with Gasteiger partial charge in [-0.2, -0.15) is 5.26 Å². The predicted molar refractivity (Wildman–Crippen MR) is 94.0 cm³/mol. The van der Waals surface area contributed by atoms with E-state index in [0.29, 0.717) is 11.3 Å². The Hall–Kier alpha value is -2.58. The molecule has 0 amide bonds. The zero-order valence-corrected chi connectivity index (χ0v) is 14.2. The van der Waals surface area contributed by atoms with E-state index < -0.39 is 0 Å². The molecule has 0 radical (unpaired) electrons. The molecule has 3 rings (SSSR count). The van der Waals surface area contributed by atoms with Crippen LogP contribution in [0.5, 0.6) is 5.75 Å². The van der Waals surface area contributed by atoms with E-state index >= 15 is 0 Å². The summed E-state index contributed by atoms with van der Waals surface area (Å²) in [7, 11) is 0. The highest BCUT2D eigenvalue weighted by Crippen LogP contribution is 2.24. The minimum absolute atomic E-state index is 0.379. The maximum atomic E-state index is 10.2. The third-order valence-electron chi connectivity index (χ3n) is 4.66. The first kappa shape index (κ1) is 16.3. The molecule has 1 N–H and O–H groups in total. The van der Waals surface area contributed by atoms with Gasteiger partial charge in [0, 0.05) is 44.5 Å². The van der Waals surface area contributed by atoms with Gasteiger partial charge in [-0.25, -0.2) is 4.98 Å². The number of phenolic OH excluding ortho intramolecular Hbond substituents is 1. The predicted octanol–water partition coefficient (Wildman–Crippen LogP) is 2.60. The first-order chi connectivity index (χ1) is 11.6. The summed E-state index contributed by atoms with van der Waals surface area (Å²) in [5, 5.41) is 19.2. The third kappa shape index (κ3) is 3.50.